The normalized spacial score (nSPS) is 23.8. The number of aromatic nitrogens is 1. The number of rotatable bonds is 11. The van der Waals surface area contributed by atoms with Crippen molar-refractivity contribution in [2.24, 2.45) is 11.3 Å². The minimum Gasteiger partial charge on any atom is -0.330 e. The fourth-order valence-corrected chi connectivity index (χ4v) is 7.65. The van der Waals surface area contributed by atoms with Crippen LogP contribution in [0.3, 0.4) is 0 Å². The van der Waals surface area contributed by atoms with Crippen LogP contribution in [0.25, 0.3) is 0 Å². The molecule has 5 rings (SSSR count). The highest BCUT2D eigenvalue weighted by atomic mass is 35.5. The molecule has 4 atom stereocenters. The minimum absolute atomic E-state index is 0.0129. The van der Waals surface area contributed by atoms with Crippen molar-refractivity contribution in [2.45, 2.75) is 56.4 Å². The molecule has 9 heteroatoms. The molecule has 6 nitrogen and oxygen atoms in total. The monoisotopic (exact) mass is 611 g/mol. The van der Waals surface area contributed by atoms with Crippen LogP contribution in [0.4, 0.5) is 0 Å². The summed E-state index contributed by atoms with van der Waals surface area (Å²) in [6, 6.07) is 18.3. The fourth-order valence-electron chi connectivity index (χ4n) is 6.19. The molecule has 41 heavy (non-hydrogen) atoms. The van der Waals surface area contributed by atoms with Crippen molar-refractivity contribution in [3.63, 3.8) is 0 Å². The Bertz CT molecular complexity index is 1500. The van der Waals surface area contributed by atoms with Gasteiger partial charge in [-0.2, -0.15) is 0 Å². The van der Waals surface area contributed by atoms with E-state index in [0.29, 0.717) is 28.5 Å². The third-order valence-corrected chi connectivity index (χ3v) is 10.1. The van der Waals surface area contributed by atoms with Gasteiger partial charge in [-0.3, -0.25) is 9.78 Å². The lowest BCUT2D eigenvalue weighted by molar-refractivity contribution is -0.155. The maximum atomic E-state index is 14.6. The Balaban J connectivity index is 1.56. The number of carbonyl (C=O) groups is 1. The van der Waals surface area contributed by atoms with Crippen molar-refractivity contribution in [1.82, 2.24) is 14.6 Å². The van der Waals surface area contributed by atoms with Crippen molar-refractivity contribution in [2.75, 3.05) is 6.54 Å². The maximum Gasteiger partial charge on any atom is 0.229 e. The Morgan fingerprint density at radius 2 is 1.85 bits per heavy atom. The van der Waals surface area contributed by atoms with E-state index in [1.54, 1.807) is 30.6 Å². The van der Waals surface area contributed by atoms with Crippen LogP contribution in [0.5, 0.6) is 0 Å². The van der Waals surface area contributed by atoms with Gasteiger partial charge in [-0.1, -0.05) is 66.5 Å². The minimum atomic E-state index is -3.67. The molecule has 1 amide bonds. The van der Waals surface area contributed by atoms with Crippen molar-refractivity contribution in [1.29, 1.82) is 0 Å². The van der Waals surface area contributed by atoms with Crippen LogP contribution in [-0.4, -0.2) is 36.8 Å². The highest BCUT2D eigenvalue weighted by Gasteiger charge is 2.53. The van der Waals surface area contributed by atoms with Gasteiger partial charge in [-0.05, 0) is 78.6 Å². The number of nitrogens with zero attached hydrogens (tertiary/aromatic N) is 2. The molecule has 3 aromatic rings. The molecule has 1 N–H and O–H groups in total. The summed E-state index contributed by atoms with van der Waals surface area (Å²) in [6.45, 7) is 6.09. The first kappa shape index (κ1) is 29.8. The number of benzene rings is 2. The van der Waals surface area contributed by atoms with Crippen molar-refractivity contribution in [3.8, 4) is 0 Å². The second-order valence-corrected chi connectivity index (χ2v) is 14.2. The number of hydrogen-bond acceptors (Lipinski definition) is 4. The molecule has 1 saturated carbocycles. The standard InChI is InChI=1S/C32H35Cl2N3O3S/c1-3-15-32(2)18-28(25-7-4-8-27(34)17-25)30(24-11-13-26(33)14-12-24)37(31(32)38)29(23-9-10-23)20-36-41(39,40)21-22-6-5-16-35-19-22/h3-8,11-14,16-17,19,23,28-30,36H,1,9-10,15,18,20-21H2,2H3/t28-,29?,30?,32+/m1/s1. The number of sulfonamides is 1. The van der Waals surface area contributed by atoms with Crippen molar-refractivity contribution in [3.05, 3.63) is 112 Å². The Morgan fingerprint density at radius 3 is 2.49 bits per heavy atom. The van der Waals surface area contributed by atoms with Gasteiger partial charge in [0.2, 0.25) is 15.9 Å². The topological polar surface area (TPSA) is 79.4 Å². The van der Waals surface area contributed by atoms with Crippen LogP contribution in [0.15, 0.2) is 85.7 Å². The zero-order chi connectivity index (χ0) is 29.2. The molecule has 0 bridgehead atoms. The maximum absolute atomic E-state index is 14.6. The van der Waals surface area contributed by atoms with E-state index in [-0.39, 0.29) is 42.1 Å². The van der Waals surface area contributed by atoms with Crippen LogP contribution in [-0.2, 0) is 20.6 Å². The van der Waals surface area contributed by atoms with E-state index in [1.165, 1.54) is 0 Å². The first-order chi connectivity index (χ1) is 19.6. The Morgan fingerprint density at radius 1 is 1.10 bits per heavy atom. The molecule has 1 aliphatic carbocycles. The average molecular weight is 613 g/mol. The summed E-state index contributed by atoms with van der Waals surface area (Å²) in [5.41, 5.74) is 1.89. The van der Waals surface area contributed by atoms with Gasteiger partial charge in [-0.25, -0.2) is 13.1 Å². The van der Waals surface area contributed by atoms with Gasteiger partial charge in [0.05, 0.1) is 17.2 Å². The van der Waals surface area contributed by atoms with E-state index in [9.17, 15) is 13.2 Å². The molecule has 1 aliphatic heterocycles. The third-order valence-electron chi connectivity index (χ3n) is 8.30. The number of allylic oxidation sites excluding steroid dienone is 1. The van der Waals surface area contributed by atoms with Crippen LogP contribution < -0.4 is 4.72 Å². The lowest BCUT2D eigenvalue weighted by Gasteiger charge is -2.52. The molecule has 0 radical (unpaired) electrons. The highest BCUT2D eigenvalue weighted by molar-refractivity contribution is 7.88. The molecular formula is C32H35Cl2N3O3S. The number of nitrogens with one attached hydrogen (secondary N) is 1. The van der Waals surface area contributed by atoms with E-state index in [2.05, 4.69) is 22.4 Å². The van der Waals surface area contributed by atoms with E-state index in [4.69, 9.17) is 23.2 Å². The SMILES string of the molecule is C=CC[C@@]1(C)C[C@H](c2cccc(Cl)c2)C(c2ccc(Cl)cc2)N(C(CNS(=O)(=O)Cc2cccnc2)C2CC2)C1=O. The van der Waals surface area contributed by atoms with E-state index >= 15 is 0 Å². The number of halogens is 2. The van der Waals surface area contributed by atoms with Crippen LogP contribution in [0.1, 0.15) is 61.3 Å². The van der Waals surface area contributed by atoms with Crippen molar-refractivity contribution >= 4 is 39.1 Å². The van der Waals surface area contributed by atoms with Gasteiger partial charge < -0.3 is 4.90 Å². The van der Waals surface area contributed by atoms with E-state index < -0.39 is 15.4 Å². The largest absolute Gasteiger partial charge is 0.330 e. The summed E-state index contributed by atoms with van der Waals surface area (Å²) < 4.78 is 29.2. The van der Waals surface area contributed by atoms with Gasteiger partial charge in [0.25, 0.3) is 0 Å². The van der Waals surface area contributed by atoms with E-state index in [1.807, 2.05) is 54.3 Å². The molecule has 2 fully saturated rings. The van der Waals surface area contributed by atoms with Crippen LogP contribution in [0.2, 0.25) is 10.0 Å². The average Bonchev–Trinajstić information content (AvgIpc) is 3.77. The second kappa shape index (κ2) is 12.3. The number of pyridine rings is 1. The zero-order valence-electron chi connectivity index (χ0n) is 23.0. The third kappa shape index (κ3) is 6.86. The second-order valence-electron chi connectivity index (χ2n) is 11.5. The van der Waals surface area contributed by atoms with Gasteiger partial charge in [-0.15, -0.1) is 6.58 Å². The first-order valence-electron chi connectivity index (χ1n) is 13.9. The van der Waals surface area contributed by atoms with Gasteiger partial charge >= 0.3 is 0 Å². The predicted molar refractivity (Wildman–Crippen MR) is 164 cm³/mol. The summed E-state index contributed by atoms with van der Waals surface area (Å²) in [7, 11) is -3.67. The summed E-state index contributed by atoms with van der Waals surface area (Å²) in [4.78, 5) is 20.6. The Hall–Kier alpha value is -2.71. The van der Waals surface area contributed by atoms with Gasteiger partial charge in [0.1, 0.15) is 0 Å². The summed E-state index contributed by atoms with van der Waals surface area (Å²) in [5.74, 6) is -0.0442. The smallest absolute Gasteiger partial charge is 0.229 e. The molecule has 2 unspecified atom stereocenters. The number of hydrogen-bond donors (Lipinski definition) is 1. The fraction of sp³-hybridized carbons (Fsp3) is 0.375. The molecule has 1 saturated heterocycles. The number of likely N-dealkylation sites (tertiary alicyclic amines) is 1. The van der Waals surface area contributed by atoms with Crippen molar-refractivity contribution < 1.29 is 13.2 Å². The summed E-state index contributed by atoms with van der Waals surface area (Å²) >= 11 is 12.7. The molecule has 2 aromatic carbocycles. The molecule has 0 spiro atoms. The predicted octanol–water partition coefficient (Wildman–Crippen LogP) is 6.93. The first-order valence-corrected chi connectivity index (χ1v) is 16.3. The Kier molecular flexibility index (Phi) is 8.90. The van der Waals surface area contributed by atoms with Crippen LogP contribution in [0, 0.1) is 11.3 Å². The molecule has 2 heterocycles. The van der Waals surface area contributed by atoms with Crippen LogP contribution >= 0.6 is 23.2 Å². The number of carbonyl (C=O) groups excluding carboxylic acids is 1. The highest BCUT2D eigenvalue weighted by Crippen LogP contribution is 2.54. The number of piperidine rings is 1. The summed E-state index contributed by atoms with van der Waals surface area (Å²) in [5, 5.41) is 1.24. The lowest BCUT2D eigenvalue weighted by atomic mass is 9.67. The summed E-state index contributed by atoms with van der Waals surface area (Å²) in [6.07, 6.45) is 7.96. The zero-order valence-corrected chi connectivity index (χ0v) is 25.4. The van der Waals surface area contributed by atoms with Gasteiger partial charge in [0, 0.05) is 40.9 Å². The quantitative estimate of drug-likeness (QED) is 0.238. The van der Waals surface area contributed by atoms with E-state index in [0.717, 1.165) is 24.0 Å². The molecule has 1 aromatic heterocycles. The Labute approximate surface area is 252 Å². The van der Waals surface area contributed by atoms with Gasteiger partial charge in [0.15, 0.2) is 0 Å². The molecule has 2 aliphatic rings. The number of amides is 1. The molecular weight excluding hydrogens is 577 g/mol. The molecule has 216 valence electrons. The lowest BCUT2D eigenvalue weighted by Crippen LogP contribution is -2.58.